The van der Waals surface area contributed by atoms with Crippen molar-refractivity contribution in [3.63, 3.8) is 0 Å². The molecule has 1 aliphatic rings. The Hall–Kier alpha value is -2.68. The number of hydrogen-bond donors (Lipinski definition) is 2. The van der Waals surface area contributed by atoms with E-state index in [-0.39, 0.29) is 16.6 Å². The summed E-state index contributed by atoms with van der Waals surface area (Å²) in [4.78, 5) is 16.5. The van der Waals surface area contributed by atoms with E-state index in [4.69, 9.17) is 0 Å². The Morgan fingerprint density at radius 3 is 2.83 bits per heavy atom. The molecule has 0 bridgehead atoms. The highest BCUT2D eigenvalue weighted by Gasteiger charge is 2.31. The first-order valence-corrected chi connectivity index (χ1v) is 8.35. The van der Waals surface area contributed by atoms with Crippen LogP contribution in [0.1, 0.15) is 12.5 Å². The Labute approximate surface area is 133 Å². The number of carbonyl (C=O) groups is 1. The zero-order chi connectivity index (χ0) is 16.6. The summed E-state index contributed by atoms with van der Waals surface area (Å²) in [5.41, 5.74) is 1.02. The lowest BCUT2D eigenvalue weighted by Gasteiger charge is -2.08. The van der Waals surface area contributed by atoms with Crippen LogP contribution in [0, 0.1) is 0 Å². The Morgan fingerprint density at radius 2 is 2.13 bits per heavy atom. The van der Waals surface area contributed by atoms with Crippen LogP contribution >= 0.6 is 0 Å². The highest BCUT2D eigenvalue weighted by molar-refractivity contribution is 7.90. The van der Waals surface area contributed by atoms with Gasteiger partial charge in [-0.3, -0.25) is 19.2 Å². The van der Waals surface area contributed by atoms with Gasteiger partial charge >= 0.3 is 0 Å². The van der Waals surface area contributed by atoms with Crippen molar-refractivity contribution in [2.45, 2.75) is 17.9 Å². The minimum atomic E-state index is -3.61. The van der Waals surface area contributed by atoms with Crippen molar-refractivity contribution in [2.75, 3.05) is 5.32 Å². The number of nitrogens with zero attached hydrogens (tertiary/aromatic N) is 3. The molecule has 8 nitrogen and oxygen atoms in total. The van der Waals surface area contributed by atoms with Crippen LogP contribution in [0.25, 0.3) is 0 Å². The average Bonchev–Trinajstić information content (AvgIpc) is 3.01. The summed E-state index contributed by atoms with van der Waals surface area (Å²) in [5.74, 6) is -0.177. The van der Waals surface area contributed by atoms with Gasteiger partial charge in [-0.2, -0.15) is 5.10 Å². The van der Waals surface area contributed by atoms with E-state index < -0.39 is 16.1 Å². The van der Waals surface area contributed by atoms with E-state index in [2.05, 4.69) is 20.1 Å². The molecule has 1 aromatic carbocycles. The fourth-order valence-electron chi connectivity index (χ4n) is 2.21. The van der Waals surface area contributed by atoms with Crippen LogP contribution in [0.15, 0.2) is 46.5 Å². The number of sulfonamides is 1. The van der Waals surface area contributed by atoms with E-state index >= 15 is 0 Å². The first-order valence-electron chi connectivity index (χ1n) is 6.86. The maximum absolute atomic E-state index is 12.2. The molecule has 3 rings (SSSR count). The second-order valence-corrected chi connectivity index (χ2v) is 6.80. The van der Waals surface area contributed by atoms with Crippen molar-refractivity contribution in [2.24, 2.45) is 12.0 Å². The zero-order valence-electron chi connectivity index (χ0n) is 12.5. The zero-order valence-corrected chi connectivity index (χ0v) is 13.3. The number of hydrogen-bond acceptors (Lipinski definition) is 5. The van der Waals surface area contributed by atoms with Gasteiger partial charge < -0.3 is 5.32 Å². The summed E-state index contributed by atoms with van der Waals surface area (Å²) in [7, 11) is -1.87. The molecule has 0 saturated heterocycles. The molecule has 1 aromatic heterocycles. The van der Waals surface area contributed by atoms with E-state index in [1.165, 1.54) is 12.3 Å². The summed E-state index contributed by atoms with van der Waals surface area (Å²) < 4.78 is 27.9. The smallest absolute Gasteiger partial charge is 0.263 e. The summed E-state index contributed by atoms with van der Waals surface area (Å²) in [6, 6.07) is 5.74. The van der Waals surface area contributed by atoms with Crippen LogP contribution in [-0.4, -0.2) is 36.0 Å². The van der Waals surface area contributed by atoms with Crippen molar-refractivity contribution < 1.29 is 13.2 Å². The standard InChI is InChI=1S/C14H15N5O3S/c1-9(14(20)17-10-7-15-19(2)8-10)16-13-11-5-3-4-6-12(11)23(21,22)18-13/h3-9H,1-2H3,(H,16,18)(H,17,20)/t9-/m1/s1. The molecule has 9 heteroatoms. The van der Waals surface area contributed by atoms with Gasteiger partial charge in [-0.15, -0.1) is 0 Å². The van der Waals surface area contributed by atoms with Gasteiger partial charge in [0.2, 0.25) is 5.91 Å². The first-order chi connectivity index (χ1) is 10.9. The maximum Gasteiger partial charge on any atom is 0.263 e. The van der Waals surface area contributed by atoms with Crippen LogP contribution in [-0.2, 0) is 21.9 Å². The van der Waals surface area contributed by atoms with Crippen molar-refractivity contribution in [3.05, 3.63) is 42.2 Å². The minimum Gasteiger partial charge on any atom is -0.322 e. The Balaban J connectivity index is 1.83. The molecule has 0 spiro atoms. The first kappa shape index (κ1) is 15.2. The maximum atomic E-state index is 12.2. The molecule has 2 aromatic rings. The van der Waals surface area contributed by atoms with Crippen molar-refractivity contribution in [1.82, 2.24) is 14.5 Å². The van der Waals surface area contributed by atoms with Gasteiger partial charge in [-0.25, -0.2) is 8.42 Å². The predicted molar refractivity (Wildman–Crippen MR) is 84.6 cm³/mol. The second kappa shape index (κ2) is 5.51. The van der Waals surface area contributed by atoms with Crippen molar-refractivity contribution >= 4 is 27.5 Å². The third-order valence-corrected chi connectivity index (χ3v) is 4.73. The van der Waals surface area contributed by atoms with Crippen molar-refractivity contribution in [3.8, 4) is 0 Å². The normalized spacial score (nSPS) is 18.3. The van der Waals surface area contributed by atoms with Gasteiger partial charge in [0.25, 0.3) is 10.0 Å². The largest absolute Gasteiger partial charge is 0.322 e. The fourth-order valence-corrected chi connectivity index (χ4v) is 3.45. The monoisotopic (exact) mass is 333 g/mol. The number of amidine groups is 1. The highest BCUT2D eigenvalue weighted by Crippen LogP contribution is 2.22. The van der Waals surface area contributed by atoms with Crippen LogP contribution in [0.2, 0.25) is 0 Å². The summed E-state index contributed by atoms with van der Waals surface area (Å²) in [6.07, 6.45) is 3.18. The third kappa shape index (κ3) is 2.95. The average molecular weight is 333 g/mol. The molecule has 1 atom stereocenters. The van der Waals surface area contributed by atoms with Gasteiger partial charge in [0, 0.05) is 18.8 Å². The minimum absolute atomic E-state index is 0.165. The molecule has 0 saturated carbocycles. The topological polar surface area (TPSA) is 105 Å². The SMILES string of the molecule is C[C@@H](N=C1NS(=O)(=O)c2ccccc21)C(=O)Nc1cnn(C)c1. The Bertz CT molecular complexity index is 901. The van der Waals surface area contributed by atoms with Crippen LogP contribution in [0.4, 0.5) is 5.69 Å². The van der Waals surface area contributed by atoms with E-state index in [1.807, 2.05) is 0 Å². The van der Waals surface area contributed by atoms with E-state index in [0.29, 0.717) is 11.3 Å². The predicted octanol–water partition coefficient (Wildman–Crippen LogP) is 0.486. The van der Waals surface area contributed by atoms with Gasteiger partial charge in [-0.05, 0) is 19.1 Å². The molecule has 2 N–H and O–H groups in total. The van der Waals surface area contributed by atoms with Gasteiger partial charge in [0.1, 0.15) is 11.9 Å². The number of benzene rings is 1. The van der Waals surface area contributed by atoms with E-state index in [1.54, 1.807) is 43.0 Å². The highest BCUT2D eigenvalue weighted by atomic mass is 32.2. The number of carbonyl (C=O) groups excluding carboxylic acids is 1. The summed E-state index contributed by atoms with van der Waals surface area (Å²) >= 11 is 0. The molecule has 120 valence electrons. The molecular weight excluding hydrogens is 318 g/mol. The summed E-state index contributed by atoms with van der Waals surface area (Å²) in [6.45, 7) is 1.59. The van der Waals surface area contributed by atoms with Crippen LogP contribution < -0.4 is 10.0 Å². The van der Waals surface area contributed by atoms with Gasteiger partial charge in [0.15, 0.2) is 0 Å². The summed E-state index contributed by atoms with van der Waals surface area (Å²) in [5, 5.41) is 6.63. The molecule has 0 aliphatic carbocycles. The molecule has 1 amide bonds. The van der Waals surface area contributed by atoms with E-state index in [9.17, 15) is 13.2 Å². The molecular formula is C14H15N5O3S. The van der Waals surface area contributed by atoms with E-state index in [0.717, 1.165) is 0 Å². The Morgan fingerprint density at radius 1 is 1.39 bits per heavy atom. The lowest BCUT2D eigenvalue weighted by atomic mass is 10.2. The second-order valence-electron chi connectivity index (χ2n) is 5.15. The number of aliphatic imine (C=N–C) groups is 1. The molecule has 2 heterocycles. The number of nitrogens with one attached hydrogen (secondary N) is 2. The van der Waals surface area contributed by atoms with Crippen LogP contribution in [0.3, 0.4) is 0 Å². The quantitative estimate of drug-likeness (QED) is 0.852. The number of rotatable bonds is 3. The number of fused-ring (bicyclic) bond motifs is 1. The van der Waals surface area contributed by atoms with Crippen molar-refractivity contribution in [1.29, 1.82) is 0 Å². The molecule has 1 aliphatic heterocycles. The lowest BCUT2D eigenvalue weighted by Crippen LogP contribution is -2.28. The number of anilines is 1. The molecule has 0 fully saturated rings. The lowest BCUT2D eigenvalue weighted by molar-refractivity contribution is -0.117. The molecule has 0 unspecified atom stereocenters. The van der Waals surface area contributed by atoms with Gasteiger partial charge in [-0.1, -0.05) is 12.1 Å². The molecule has 23 heavy (non-hydrogen) atoms. The Kier molecular flexibility index (Phi) is 3.64. The number of aryl methyl sites for hydroxylation is 1. The number of amides is 1. The fraction of sp³-hybridized carbons (Fsp3) is 0.214. The van der Waals surface area contributed by atoms with Gasteiger partial charge in [0.05, 0.1) is 16.8 Å². The van der Waals surface area contributed by atoms with Crippen LogP contribution in [0.5, 0.6) is 0 Å². The molecule has 0 radical (unpaired) electrons. The third-order valence-electron chi connectivity index (χ3n) is 3.34. The number of aromatic nitrogens is 2.